The van der Waals surface area contributed by atoms with E-state index in [-0.39, 0.29) is 17.6 Å². The van der Waals surface area contributed by atoms with E-state index in [0.29, 0.717) is 12.5 Å². The second-order valence-electron chi connectivity index (χ2n) is 5.33. The van der Waals surface area contributed by atoms with Crippen molar-refractivity contribution in [2.75, 3.05) is 18.5 Å². The fourth-order valence-corrected chi connectivity index (χ4v) is 2.71. The molecule has 1 aliphatic carbocycles. The first-order valence-corrected chi connectivity index (χ1v) is 6.85. The maximum atomic E-state index is 12.9. The van der Waals surface area contributed by atoms with Crippen LogP contribution in [-0.4, -0.2) is 19.5 Å². The Kier molecular flexibility index (Phi) is 4.53. The molecular weight excluding hydrogens is 243 g/mol. The van der Waals surface area contributed by atoms with Gasteiger partial charge in [0.05, 0.1) is 0 Å². The summed E-state index contributed by atoms with van der Waals surface area (Å²) in [5.41, 5.74) is 6.40. The zero-order chi connectivity index (χ0) is 13.8. The minimum Gasteiger partial charge on any atom is -0.330 e. The smallest absolute Gasteiger partial charge is 0.229 e. The van der Waals surface area contributed by atoms with Gasteiger partial charge in [-0.1, -0.05) is 0 Å². The van der Waals surface area contributed by atoms with Crippen LogP contribution in [0.1, 0.15) is 25.7 Å². The van der Waals surface area contributed by atoms with Crippen LogP contribution in [0.3, 0.4) is 0 Å². The van der Waals surface area contributed by atoms with Crippen molar-refractivity contribution in [3.63, 3.8) is 0 Å². The second-order valence-corrected chi connectivity index (χ2v) is 5.33. The summed E-state index contributed by atoms with van der Waals surface area (Å²) in [6, 6.07) is 6.03. The van der Waals surface area contributed by atoms with Crippen LogP contribution in [0.15, 0.2) is 24.3 Å². The van der Waals surface area contributed by atoms with Crippen LogP contribution in [-0.2, 0) is 4.79 Å². The first-order valence-electron chi connectivity index (χ1n) is 6.85. The van der Waals surface area contributed by atoms with Crippen LogP contribution in [0.4, 0.5) is 10.1 Å². The molecular formula is C15H21FN2O. The fourth-order valence-electron chi connectivity index (χ4n) is 2.71. The molecule has 1 aromatic carbocycles. The molecule has 19 heavy (non-hydrogen) atoms. The third-order valence-corrected chi connectivity index (χ3v) is 4.07. The van der Waals surface area contributed by atoms with Crippen LogP contribution >= 0.6 is 0 Å². The van der Waals surface area contributed by atoms with Gasteiger partial charge in [0, 0.05) is 18.7 Å². The van der Waals surface area contributed by atoms with Gasteiger partial charge in [0.2, 0.25) is 5.91 Å². The van der Waals surface area contributed by atoms with E-state index in [0.717, 1.165) is 31.4 Å². The predicted octanol–water partition coefficient (Wildman–Crippen LogP) is 2.55. The molecule has 2 rings (SSSR count). The molecule has 4 heteroatoms. The Morgan fingerprint density at radius 1 is 1.26 bits per heavy atom. The summed E-state index contributed by atoms with van der Waals surface area (Å²) in [7, 11) is 1.75. The number of hydrogen-bond acceptors (Lipinski definition) is 2. The lowest BCUT2D eigenvalue weighted by atomic mass is 9.81. The Labute approximate surface area is 113 Å². The lowest BCUT2D eigenvalue weighted by Gasteiger charge is -2.30. The highest BCUT2D eigenvalue weighted by molar-refractivity contribution is 5.94. The molecule has 0 aromatic heterocycles. The summed E-state index contributed by atoms with van der Waals surface area (Å²) >= 11 is 0. The zero-order valence-electron chi connectivity index (χ0n) is 11.3. The van der Waals surface area contributed by atoms with E-state index in [9.17, 15) is 9.18 Å². The fraction of sp³-hybridized carbons (Fsp3) is 0.533. The quantitative estimate of drug-likeness (QED) is 0.912. The number of carbonyl (C=O) groups is 1. The Balaban J connectivity index is 1.98. The van der Waals surface area contributed by atoms with Gasteiger partial charge in [-0.2, -0.15) is 0 Å². The van der Waals surface area contributed by atoms with Crippen molar-refractivity contribution in [3.8, 4) is 0 Å². The van der Waals surface area contributed by atoms with Crippen molar-refractivity contribution in [2.24, 2.45) is 17.6 Å². The number of hydrogen-bond donors (Lipinski definition) is 1. The van der Waals surface area contributed by atoms with Crippen molar-refractivity contribution < 1.29 is 9.18 Å². The van der Waals surface area contributed by atoms with Gasteiger partial charge in [-0.15, -0.1) is 0 Å². The topological polar surface area (TPSA) is 46.3 Å². The Morgan fingerprint density at radius 3 is 2.37 bits per heavy atom. The number of nitrogens with zero attached hydrogens (tertiary/aromatic N) is 1. The first kappa shape index (κ1) is 14.0. The third kappa shape index (κ3) is 3.32. The van der Waals surface area contributed by atoms with Gasteiger partial charge in [0.15, 0.2) is 0 Å². The van der Waals surface area contributed by atoms with Crippen molar-refractivity contribution in [1.29, 1.82) is 0 Å². The average molecular weight is 264 g/mol. The van der Waals surface area contributed by atoms with E-state index in [1.807, 2.05) is 0 Å². The first-order chi connectivity index (χ1) is 9.11. The maximum absolute atomic E-state index is 12.9. The molecule has 1 fully saturated rings. The molecule has 1 saturated carbocycles. The van der Waals surface area contributed by atoms with Crippen LogP contribution in [0.5, 0.6) is 0 Å². The summed E-state index contributed by atoms with van der Waals surface area (Å²) in [4.78, 5) is 14.0. The summed E-state index contributed by atoms with van der Waals surface area (Å²) in [6.07, 6.45) is 3.88. The highest BCUT2D eigenvalue weighted by Crippen LogP contribution is 2.30. The number of rotatable bonds is 3. The highest BCUT2D eigenvalue weighted by atomic mass is 19.1. The number of nitrogens with two attached hydrogens (primary N) is 1. The van der Waals surface area contributed by atoms with Crippen LogP contribution in [0.2, 0.25) is 0 Å². The van der Waals surface area contributed by atoms with E-state index in [2.05, 4.69) is 0 Å². The van der Waals surface area contributed by atoms with Gasteiger partial charge >= 0.3 is 0 Å². The molecule has 3 nitrogen and oxygen atoms in total. The SMILES string of the molecule is CN(C(=O)C1CCC(CN)CC1)c1ccc(F)cc1. The van der Waals surface area contributed by atoms with Gasteiger partial charge in [0.25, 0.3) is 0 Å². The van der Waals surface area contributed by atoms with Crippen LogP contribution < -0.4 is 10.6 Å². The van der Waals surface area contributed by atoms with E-state index >= 15 is 0 Å². The second kappa shape index (κ2) is 6.15. The molecule has 0 saturated heterocycles. The average Bonchev–Trinajstić information content (AvgIpc) is 2.46. The molecule has 0 bridgehead atoms. The van der Waals surface area contributed by atoms with Gasteiger partial charge < -0.3 is 10.6 Å². The lowest BCUT2D eigenvalue weighted by Crippen LogP contribution is -2.35. The number of benzene rings is 1. The van der Waals surface area contributed by atoms with E-state index in [1.54, 1.807) is 24.1 Å². The molecule has 0 heterocycles. The summed E-state index contributed by atoms with van der Waals surface area (Å²) < 4.78 is 12.9. The van der Waals surface area contributed by atoms with E-state index in [1.165, 1.54) is 12.1 Å². The monoisotopic (exact) mass is 264 g/mol. The maximum Gasteiger partial charge on any atom is 0.229 e. The number of carbonyl (C=O) groups excluding carboxylic acids is 1. The third-order valence-electron chi connectivity index (χ3n) is 4.07. The van der Waals surface area contributed by atoms with Gasteiger partial charge in [0.1, 0.15) is 5.82 Å². The highest BCUT2D eigenvalue weighted by Gasteiger charge is 2.28. The molecule has 0 spiro atoms. The Hall–Kier alpha value is -1.42. The molecule has 0 unspecified atom stereocenters. The Bertz CT molecular complexity index is 424. The molecule has 0 aliphatic heterocycles. The standard InChI is InChI=1S/C15H21FN2O/c1-18(14-8-6-13(16)7-9-14)15(19)12-4-2-11(10-17)3-5-12/h6-9,11-12H,2-5,10,17H2,1H3. The minimum absolute atomic E-state index is 0.0813. The van der Waals surface area contributed by atoms with E-state index in [4.69, 9.17) is 5.73 Å². The molecule has 0 atom stereocenters. The van der Waals surface area contributed by atoms with Crippen molar-refractivity contribution in [3.05, 3.63) is 30.1 Å². The van der Waals surface area contributed by atoms with Crippen molar-refractivity contribution in [1.82, 2.24) is 0 Å². The summed E-state index contributed by atoms with van der Waals surface area (Å²) in [5.74, 6) is 0.494. The van der Waals surface area contributed by atoms with Crippen LogP contribution in [0, 0.1) is 17.7 Å². The molecule has 2 N–H and O–H groups in total. The van der Waals surface area contributed by atoms with Crippen molar-refractivity contribution in [2.45, 2.75) is 25.7 Å². The van der Waals surface area contributed by atoms with E-state index < -0.39 is 0 Å². The number of anilines is 1. The zero-order valence-corrected chi connectivity index (χ0v) is 11.3. The number of amides is 1. The van der Waals surface area contributed by atoms with Gasteiger partial charge in [-0.3, -0.25) is 4.79 Å². The summed E-state index contributed by atoms with van der Waals surface area (Å²) in [6.45, 7) is 0.717. The lowest BCUT2D eigenvalue weighted by molar-refractivity contribution is -0.123. The number of halogens is 1. The molecule has 1 aliphatic rings. The van der Waals surface area contributed by atoms with Gasteiger partial charge in [-0.25, -0.2) is 4.39 Å². The van der Waals surface area contributed by atoms with Crippen LogP contribution in [0.25, 0.3) is 0 Å². The van der Waals surface area contributed by atoms with Gasteiger partial charge in [-0.05, 0) is 62.4 Å². The largest absolute Gasteiger partial charge is 0.330 e. The minimum atomic E-state index is -0.284. The molecule has 1 amide bonds. The Morgan fingerprint density at radius 2 is 1.84 bits per heavy atom. The summed E-state index contributed by atoms with van der Waals surface area (Å²) in [5, 5.41) is 0. The molecule has 0 radical (unpaired) electrons. The molecule has 104 valence electrons. The van der Waals surface area contributed by atoms with Crippen molar-refractivity contribution >= 4 is 11.6 Å². The normalized spacial score (nSPS) is 23.1. The molecule has 1 aromatic rings. The predicted molar refractivity (Wildman–Crippen MR) is 74.3 cm³/mol.